The predicted octanol–water partition coefficient (Wildman–Crippen LogP) is 3.07. The lowest BCUT2D eigenvalue weighted by Crippen LogP contribution is -2.32. The van der Waals surface area contributed by atoms with Crippen LogP contribution in [0.5, 0.6) is 11.6 Å². The molecule has 0 bridgehead atoms. The summed E-state index contributed by atoms with van der Waals surface area (Å²) in [5.41, 5.74) is -1.48. The third-order valence-corrected chi connectivity index (χ3v) is 4.77. The van der Waals surface area contributed by atoms with Gasteiger partial charge in [-0.25, -0.2) is 4.68 Å². The molecule has 0 fully saturated rings. The van der Waals surface area contributed by atoms with Gasteiger partial charge in [0, 0.05) is 0 Å². The van der Waals surface area contributed by atoms with E-state index in [1.165, 1.54) is 4.68 Å². The zero-order valence-corrected chi connectivity index (χ0v) is 15.7. The maximum absolute atomic E-state index is 11.9. The van der Waals surface area contributed by atoms with Gasteiger partial charge < -0.3 is 10.2 Å². The van der Waals surface area contributed by atoms with Gasteiger partial charge >= 0.3 is 0 Å². The third kappa shape index (κ3) is 3.48. The van der Waals surface area contributed by atoms with Crippen LogP contribution in [-0.2, 0) is 12.0 Å². The Balaban J connectivity index is 2.48. The van der Waals surface area contributed by atoms with Gasteiger partial charge in [-0.2, -0.15) is 5.10 Å². The van der Waals surface area contributed by atoms with Crippen LogP contribution < -0.4 is 10.9 Å². The Morgan fingerprint density at radius 3 is 2.16 bits per heavy atom. The molecule has 0 aliphatic rings. The van der Waals surface area contributed by atoms with Crippen LogP contribution in [0.3, 0.4) is 0 Å². The molecule has 6 heteroatoms. The molecule has 0 amide bonds. The molecule has 1 atom stereocenters. The molecule has 0 aliphatic heterocycles. The molecule has 2 N–H and O–H groups in total. The molecule has 0 aliphatic carbocycles. The van der Waals surface area contributed by atoms with Crippen LogP contribution in [-0.4, -0.2) is 20.0 Å². The second-order valence-corrected chi connectivity index (χ2v) is 7.71. The van der Waals surface area contributed by atoms with Crippen molar-refractivity contribution in [2.75, 3.05) is 0 Å². The number of aromatic nitrogens is 2. The van der Waals surface area contributed by atoms with Gasteiger partial charge in [-0.1, -0.05) is 33.1 Å². The topological polar surface area (TPSA) is 92.4 Å². The summed E-state index contributed by atoms with van der Waals surface area (Å²) in [7, 11) is 0. The lowest BCUT2D eigenvalue weighted by molar-refractivity contribution is 0.294. The van der Waals surface area contributed by atoms with E-state index in [2.05, 4.69) is 18.9 Å². The molecule has 138 valence electrons. The average Bonchev–Trinajstić information content (AvgIpc) is 2.88. The van der Waals surface area contributed by atoms with Crippen LogP contribution in [0.1, 0.15) is 66.0 Å². The summed E-state index contributed by atoms with van der Waals surface area (Å²) in [6.45, 7) is 9.97. The van der Waals surface area contributed by atoms with Gasteiger partial charge in [0.1, 0.15) is 0 Å². The van der Waals surface area contributed by atoms with E-state index >= 15 is 0 Å². The Bertz CT molecular complexity index is 820. The molecule has 2 rings (SSSR count). The molecule has 1 heterocycles. The molecule has 25 heavy (non-hydrogen) atoms. The summed E-state index contributed by atoms with van der Waals surface area (Å²) in [4.78, 5) is 23.3. The van der Waals surface area contributed by atoms with Crippen molar-refractivity contribution in [1.82, 2.24) is 9.78 Å². The van der Waals surface area contributed by atoms with Crippen molar-refractivity contribution in [3.63, 3.8) is 0 Å². The van der Waals surface area contributed by atoms with Gasteiger partial charge in [0.15, 0.2) is 5.75 Å². The molecule has 1 aromatic carbocycles. The first-order valence-corrected chi connectivity index (χ1v) is 8.97. The number of nitrogens with zero attached hydrogens (tertiary/aromatic N) is 2. The summed E-state index contributed by atoms with van der Waals surface area (Å²) in [5.74, 6) is -0.204. The fraction of sp³-hybridized carbons (Fsp3) is 0.632. The van der Waals surface area contributed by atoms with E-state index in [1.807, 2.05) is 20.8 Å². The fourth-order valence-electron chi connectivity index (χ4n) is 3.27. The third-order valence-electron chi connectivity index (χ3n) is 4.77. The first-order chi connectivity index (χ1) is 11.6. The highest BCUT2D eigenvalue weighted by Crippen LogP contribution is 2.39. The van der Waals surface area contributed by atoms with Crippen molar-refractivity contribution in [3.05, 3.63) is 26.1 Å². The van der Waals surface area contributed by atoms with Crippen LogP contribution in [0.2, 0.25) is 0 Å². The molecule has 0 spiro atoms. The largest absolute Gasteiger partial charge is 0.503 e. The first-order valence-electron chi connectivity index (χ1n) is 8.97. The van der Waals surface area contributed by atoms with Gasteiger partial charge in [-0.3, -0.25) is 9.59 Å². The number of rotatable bonds is 7. The second kappa shape index (κ2) is 7.02. The van der Waals surface area contributed by atoms with E-state index in [0.29, 0.717) is 18.0 Å². The van der Waals surface area contributed by atoms with E-state index < -0.39 is 22.1 Å². The van der Waals surface area contributed by atoms with E-state index in [9.17, 15) is 19.8 Å². The van der Waals surface area contributed by atoms with Gasteiger partial charge in [0.05, 0.1) is 22.4 Å². The first kappa shape index (κ1) is 19.2. The fourth-order valence-corrected chi connectivity index (χ4v) is 3.27. The smallest absolute Gasteiger partial charge is 0.268 e. The second-order valence-electron chi connectivity index (χ2n) is 7.71. The molecule has 0 radical (unpaired) electrons. The predicted molar refractivity (Wildman–Crippen MR) is 97.9 cm³/mol. The van der Waals surface area contributed by atoms with Gasteiger partial charge in [0.2, 0.25) is 11.3 Å². The molecule has 0 saturated carbocycles. The molecule has 0 saturated heterocycles. The van der Waals surface area contributed by atoms with Crippen LogP contribution in [0.4, 0.5) is 0 Å². The lowest BCUT2D eigenvalue weighted by atomic mass is 9.92. The maximum atomic E-state index is 11.9. The minimum Gasteiger partial charge on any atom is -0.503 e. The van der Waals surface area contributed by atoms with Crippen LogP contribution in [0.25, 0.3) is 11.1 Å². The van der Waals surface area contributed by atoms with Crippen molar-refractivity contribution < 1.29 is 10.2 Å². The monoisotopic (exact) mass is 348 g/mol. The van der Waals surface area contributed by atoms with Crippen LogP contribution in [0, 0.1) is 5.92 Å². The van der Waals surface area contributed by atoms with Gasteiger partial charge in [0.25, 0.3) is 5.43 Å². The van der Waals surface area contributed by atoms with Crippen LogP contribution in [0.15, 0.2) is 9.59 Å². The van der Waals surface area contributed by atoms with Crippen LogP contribution >= 0.6 is 0 Å². The highest BCUT2D eigenvalue weighted by Gasteiger charge is 2.32. The zero-order valence-electron chi connectivity index (χ0n) is 15.7. The van der Waals surface area contributed by atoms with E-state index in [4.69, 9.17) is 0 Å². The summed E-state index contributed by atoms with van der Waals surface area (Å²) in [6.07, 6.45) is 4.74. The normalized spacial score (nSPS) is 13.5. The molecular formula is C19H28N2O4. The lowest BCUT2D eigenvalue weighted by Gasteiger charge is -2.20. The van der Waals surface area contributed by atoms with Crippen molar-refractivity contribution in [2.45, 2.75) is 72.3 Å². The molecular weight excluding hydrogens is 320 g/mol. The summed E-state index contributed by atoms with van der Waals surface area (Å²) < 4.78 is 1.45. The summed E-state index contributed by atoms with van der Waals surface area (Å²) in [5, 5.41) is 25.0. The van der Waals surface area contributed by atoms with E-state index in [0.717, 1.165) is 25.7 Å². The molecule has 1 unspecified atom stereocenters. The van der Waals surface area contributed by atoms with Gasteiger partial charge in [-0.15, -0.1) is 0 Å². The number of aromatic hydroxyl groups is 2. The molecule has 6 nitrogen and oxygen atoms in total. The molecule has 1 aromatic heterocycles. The number of hydrogen-bond donors (Lipinski definition) is 2. The molecule has 2 aromatic rings. The number of aryl methyl sites for hydroxylation is 1. The minimum absolute atomic E-state index is 0.100. The van der Waals surface area contributed by atoms with Crippen molar-refractivity contribution in [2.24, 2.45) is 5.92 Å². The Kier molecular flexibility index (Phi) is 5.40. The SMILES string of the molecule is CCCC(CC)CCc1nn(C(C)(C)C)c(O)c1-c1c(O)c(=O)c1=O. The quantitative estimate of drug-likeness (QED) is 0.750. The Morgan fingerprint density at radius 1 is 1.04 bits per heavy atom. The summed E-state index contributed by atoms with van der Waals surface area (Å²) >= 11 is 0. The Hall–Kier alpha value is -2.11. The van der Waals surface area contributed by atoms with Crippen molar-refractivity contribution in [3.8, 4) is 22.8 Å². The van der Waals surface area contributed by atoms with Gasteiger partial charge in [-0.05, 0) is 39.5 Å². The van der Waals surface area contributed by atoms with Crippen molar-refractivity contribution >= 4 is 0 Å². The number of hydrogen-bond acceptors (Lipinski definition) is 5. The average molecular weight is 348 g/mol. The highest BCUT2D eigenvalue weighted by atomic mass is 16.3. The van der Waals surface area contributed by atoms with Crippen molar-refractivity contribution in [1.29, 1.82) is 0 Å². The Morgan fingerprint density at radius 2 is 1.68 bits per heavy atom. The zero-order chi connectivity index (χ0) is 18.9. The van der Waals surface area contributed by atoms with E-state index in [-0.39, 0.29) is 17.0 Å². The maximum Gasteiger partial charge on any atom is 0.268 e. The standard InChI is InChI=1S/C19H28N2O4/c1-6-8-11(7-2)9-10-12-13(14-15(22)17(24)16(14)23)18(25)21(20-12)19(3,4)5/h11,22,25H,6-10H2,1-5H3. The summed E-state index contributed by atoms with van der Waals surface area (Å²) in [6, 6.07) is 0. The van der Waals surface area contributed by atoms with E-state index in [1.54, 1.807) is 0 Å². The highest BCUT2D eigenvalue weighted by molar-refractivity contribution is 5.79. The minimum atomic E-state index is -0.902. The Labute approximate surface area is 147 Å².